The molecule has 0 N–H and O–H groups in total. The Balaban J connectivity index is 2.27. The van der Waals surface area contributed by atoms with Gasteiger partial charge in [-0.25, -0.2) is 4.39 Å². The molecule has 1 unspecified atom stereocenters. The predicted octanol–water partition coefficient (Wildman–Crippen LogP) is 5.01. The first-order valence-corrected chi connectivity index (χ1v) is 6.66. The zero-order valence-corrected chi connectivity index (χ0v) is 11.2. The fraction of sp³-hybridized carbons (Fsp3) is 0.538. The highest BCUT2D eigenvalue weighted by atomic mass is 79.9. The Hall–Kier alpha value is -0.570. The van der Waals surface area contributed by atoms with Crippen molar-refractivity contribution in [1.29, 1.82) is 0 Å². The minimum absolute atomic E-state index is 0.623. The summed E-state index contributed by atoms with van der Waals surface area (Å²) >= 11 is 2.88. The van der Waals surface area contributed by atoms with Crippen molar-refractivity contribution in [3.63, 3.8) is 0 Å². The fourth-order valence-electron chi connectivity index (χ4n) is 1.43. The summed E-state index contributed by atoms with van der Waals surface area (Å²) in [4.78, 5) is 0. The maximum atomic E-state index is 12.8. The van der Waals surface area contributed by atoms with E-state index in [2.05, 4.69) is 22.9 Å². The normalized spacial score (nSPS) is 12.4. The van der Waals surface area contributed by atoms with Crippen LogP contribution in [-0.2, 0) is 0 Å². The van der Waals surface area contributed by atoms with Gasteiger partial charge in [0.2, 0.25) is 0 Å². The fourth-order valence-corrected chi connectivity index (χ4v) is 1.73. The van der Waals surface area contributed by atoms with E-state index < -0.39 is 5.08 Å². The van der Waals surface area contributed by atoms with E-state index in [9.17, 15) is 4.39 Å². The van der Waals surface area contributed by atoms with E-state index >= 15 is 0 Å². The van der Waals surface area contributed by atoms with Gasteiger partial charge in [0.15, 0.2) is 5.08 Å². The Morgan fingerprint density at radius 3 is 2.44 bits per heavy atom. The monoisotopic (exact) mass is 288 g/mol. The highest BCUT2D eigenvalue weighted by Gasteiger charge is 2.03. The van der Waals surface area contributed by atoms with Crippen molar-refractivity contribution < 1.29 is 9.13 Å². The molecule has 0 aliphatic heterocycles. The van der Waals surface area contributed by atoms with Gasteiger partial charge >= 0.3 is 0 Å². The maximum absolute atomic E-state index is 12.8. The van der Waals surface area contributed by atoms with Crippen molar-refractivity contribution in [2.45, 2.75) is 37.7 Å². The number of unbranched alkanes of at least 4 members (excludes halogenated alkanes) is 3. The molecule has 0 saturated carbocycles. The van der Waals surface area contributed by atoms with Crippen LogP contribution in [0.15, 0.2) is 24.3 Å². The van der Waals surface area contributed by atoms with Crippen LogP contribution >= 0.6 is 15.9 Å². The molecule has 1 aromatic carbocycles. The van der Waals surface area contributed by atoms with Gasteiger partial charge in [-0.1, -0.05) is 38.3 Å². The molecule has 0 aliphatic rings. The summed E-state index contributed by atoms with van der Waals surface area (Å²) in [5.41, 5.74) is 0.623. The number of ether oxygens (including phenoxy) is 1. The molecular formula is C13H18BrFO. The smallest absolute Gasteiger partial charge is 0.180 e. The lowest BCUT2D eigenvalue weighted by molar-refractivity contribution is 0.305. The summed E-state index contributed by atoms with van der Waals surface area (Å²) in [6.07, 6.45) is 4.79. The van der Waals surface area contributed by atoms with Crippen LogP contribution in [0.4, 0.5) is 4.39 Å². The van der Waals surface area contributed by atoms with Crippen LogP contribution in [0, 0.1) is 0 Å². The van der Waals surface area contributed by atoms with Gasteiger partial charge in [-0.15, -0.1) is 0 Å². The van der Waals surface area contributed by atoms with Gasteiger partial charge in [0, 0.05) is 0 Å². The van der Waals surface area contributed by atoms with E-state index in [0.717, 1.165) is 18.8 Å². The van der Waals surface area contributed by atoms with Gasteiger partial charge in [-0.2, -0.15) is 0 Å². The first-order chi connectivity index (χ1) is 7.74. The van der Waals surface area contributed by atoms with Crippen molar-refractivity contribution in [2.24, 2.45) is 0 Å². The lowest BCUT2D eigenvalue weighted by Crippen LogP contribution is -1.97. The Kier molecular flexibility index (Phi) is 6.46. The molecule has 3 heteroatoms. The Morgan fingerprint density at radius 1 is 1.19 bits per heavy atom. The molecule has 1 atom stereocenters. The first kappa shape index (κ1) is 13.5. The van der Waals surface area contributed by atoms with Gasteiger partial charge in [0.1, 0.15) is 5.75 Å². The quantitative estimate of drug-likeness (QED) is 0.506. The predicted molar refractivity (Wildman–Crippen MR) is 68.9 cm³/mol. The number of hydrogen-bond acceptors (Lipinski definition) is 1. The van der Waals surface area contributed by atoms with Gasteiger partial charge < -0.3 is 4.74 Å². The molecule has 0 saturated heterocycles. The van der Waals surface area contributed by atoms with Crippen molar-refractivity contribution in [3.05, 3.63) is 29.8 Å². The van der Waals surface area contributed by atoms with E-state index in [0.29, 0.717) is 5.56 Å². The molecule has 1 rings (SSSR count). The number of benzene rings is 1. The topological polar surface area (TPSA) is 9.23 Å². The van der Waals surface area contributed by atoms with E-state index in [1.807, 2.05) is 12.1 Å². The van der Waals surface area contributed by atoms with Gasteiger partial charge in [-0.05, 0) is 40.0 Å². The summed E-state index contributed by atoms with van der Waals surface area (Å²) in [5, 5.41) is -1.09. The SMILES string of the molecule is CCCCCCOc1ccc(C(F)Br)cc1. The van der Waals surface area contributed by atoms with E-state index in [1.54, 1.807) is 12.1 Å². The minimum Gasteiger partial charge on any atom is -0.494 e. The highest BCUT2D eigenvalue weighted by molar-refractivity contribution is 9.09. The summed E-state index contributed by atoms with van der Waals surface area (Å²) in [6, 6.07) is 7.09. The second-order valence-electron chi connectivity index (χ2n) is 3.78. The van der Waals surface area contributed by atoms with Crippen LogP contribution in [-0.4, -0.2) is 6.61 Å². The number of halogens is 2. The molecular weight excluding hydrogens is 271 g/mol. The van der Waals surface area contributed by atoms with Crippen LogP contribution in [0.2, 0.25) is 0 Å². The van der Waals surface area contributed by atoms with Crippen LogP contribution in [0.3, 0.4) is 0 Å². The van der Waals surface area contributed by atoms with Crippen molar-refractivity contribution in [3.8, 4) is 5.75 Å². The average molecular weight is 289 g/mol. The summed E-state index contributed by atoms with van der Waals surface area (Å²) < 4.78 is 18.4. The van der Waals surface area contributed by atoms with E-state index in [-0.39, 0.29) is 0 Å². The molecule has 0 aromatic heterocycles. The molecule has 16 heavy (non-hydrogen) atoms. The van der Waals surface area contributed by atoms with Crippen LogP contribution < -0.4 is 4.74 Å². The summed E-state index contributed by atoms with van der Waals surface area (Å²) in [5.74, 6) is 0.813. The number of alkyl halides is 2. The standard InChI is InChI=1S/C13H18BrFO/c1-2-3-4-5-10-16-12-8-6-11(7-9-12)13(14)15/h6-9,13H,2-5,10H2,1H3. The molecule has 0 bridgehead atoms. The molecule has 1 nitrogen and oxygen atoms in total. The zero-order chi connectivity index (χ0) is 11.8. The molecule has 0 fully saturated rings. The van der Waals surface area contributed by atoms with Gasteiger partial charge in [-0.3, -0.25) is 0 Å². The molecule has 0 aliphatic carbocycles. The Labute approximate surface area is 105 Å². The average Bonchev–Trinajstić information content (AvgIpc) is 2.29. The molecule has 0 spiro atoms. The molecule has 90 valence electrons. The largest absolute Gasteiger partial charge is 0.494 e. The van der Waals surface area contributed by atoms with Crippen LogP contribution in [0.25, 0.3) is 0 Å². The maximum Gasteiger partial charge on any atom is 0.180 e. The van der Waals surface area contributed by atoms with Crippen molar-refractivity contribution in [2.75, 3.05) is 6.61 Å². The van der Waals surface area contributed by atoms with E-state index in [4.69, 9.17) is 4.74 Å². The van der Waals surface area contributed by atoms with Gasteiger partial charge in [0.25, 0.3) is 0 Å². The molecule has 0 amide bonds. The summed E-state index contributed by atoms with van der Waals surface area (Å²) in [7, 11) is 0. The number of hydrogen-bond donors (Lipinski definition) is 0. The Bertz CT molecular complexity index is 284. The third-order valence-corrected chi connectivity index (χ3v) is 2.93. The Morgan fingerprint density at radius 2 is 1.88 bits per heavy atom. The van der Waals surface area contributed by atoms with Crippen LogP contribution in [0.1, 0.15) is 43.3 Å². The molecule has 0 radical (unpaired) electrons. The molecule has 1 aromatic rings. The zero-order valence-electron chi connectivity index (χ0n) is 9.59. The minimum atomic E-state index is -1.09. The highest BCUT2D eigenvalue weighted by Crippen LogP contribution is 2.25. The second-order valence-corrected chi connectivity index (χ2v) is 4.58. The molecule has 0 heterocycles. The van der Waals surface area contributed by atoms with Gasteiger partial charge in [0.05, 0.1) is 6.61 Å². The first-order valence-electron chi connectivity index (χ1n) is 5.75. The third-order valence-electron chi connectivity index (χ3n) is 2.40. The van der Waals surface area contributed by atoms with Crippen molar-refractivity contribution in [1.82, 2.24) is 0 Å². The van der Waals surface area contributed by atoms with E-state index in [1.165, 1.54) is 19.3 Å². The van der Waals surface area contributed by atoms with Crippen LogP contribution in [0.5, 0.6) is 5.75 Å². The summed E-state index contributed by atoms with van der Waals surface area (Å²) in [6.45, 7) is 2.93. The third kappa shape index (κ3) is 4.97. The second kappa shape index (κ2) is 7.66. The van der Waals surface area contributed by atoms with Crippen molar-refractivity contribution >= 4 is 15.9 Å². The lowest BCUT2D eigenvalue weighted by Gasteiger charge is -2.07. The lowest BCUT2D eigenvalue weighted by atomic mass is 10.2. The number of rotatable bonds is 7.